The van der Waals surface area contributed by atoms with Gasteiger partial charge in [-0.25, -0.2) is 0 Å². The third-order valence-corrected chi connectivity index (χ3v) is 2.30. The van der Waals surface area contributed by atoms with E-state index < -0.39 is 0 Å². The van der Waals surface area contributed by atoms with Crippen LogP contribution in [0.3, 0.4) is 0 Å². The van der Waals surface area contributed by atoms with E-state index in [1.165, 1.54) is 0 Å². The molecule has 0 saturated carbocycles. The van der Waals surface area contributed by atoms with Crippen LogP contribution in [0.25, 0.3) is 0 Å². The number of ether oxygens (including phenoxy) is 2. The molecule has 0 radical (unpaired) electrons. The van der Waals surface area contributed by atoms with Crippen LogP contribution >= 0.6 is 0 Å². The summed E-state index contributed by atoms with van der Waals surface area (Å²) in [6.45, 7) is 0. The highest BCUT2D eigenvalue weighted by molar-refractivity contribution is 5.96. The minimum atomic E-state index is -0.197. The smallest absolute Gasteiger partial charge is 0.209 e. The Morgan fingerprint density at radius 2 is 2.20 bits per heavy atom. The minimum absolute atomic E-state index is 0.197. The van der Waals surface area contributed by atoms with Gasteiger partial charge in [-0.15, -0.1) is 6.42 Å². The van der Waals surface area contributed by atoms with Gasteiger partial charge in [0.2, 0.25) is 5.78 Å². The summed E-state index contributed by atoms with van der Waals surface area (Å²) in [5.41, 5.74) is 0.996. The highest BCUT2D eigenvalue weighted by Crippen LogP contribution is 2.26. The molecule has 0 bridgehead atoms. The number of terminal acetylenes is 1. The summed E-state index contributed by atoms with van der Waals surface area (Å²) < 4.78 is 10.3. The Labute approximate surface area is 89.8 Å². The van der Waals surface area contributed by atoms with Gasteiger partial charge in [-0.1, -0.05) is 5.57 Å². The Balaban J connectivity index is 2.79. The lowest BCUT2D eigenvalue weighted by Gasteiger charge is -2.17. The summed E-state index contributed by atoms with van der Waals surface area (Å²) in [6.07, 6.45) is 8.70. The lowest BCUT2D eigenvalue weighted by Crippen LogP contribution is -2.05. The molecule has 0 heterocycles. The lowest BCUT2D eigenvalue weighted by molar-refractivity contribution is -0.113. The maximum Gasteiger partial charge on any atom is 0.209 e. The average Bonchev–Trinajstić information content (AvgIpc) is 2.28. The first-order valence-corrected chi connectivity index (χ1v) is 4.71. The van der Waals surface area contributed by atoms with E-state index in [4.69, 9.17) is 15.9 Å². The van der Waals surface area contributed by atoms with Crippen molar-refractivity contribution in [3.63, 3.8) is 0 Å². The zero-order chi connectivity index (χ0) is 11.3. The molecule has 0 aromatic carbocycles. The first kappa shape index (κ1) is 11.4. The molecule has 0 saturated heterocycles. The number of hydrogen-bond donors (Lipinski definition) is 0. The molecule has 1 aliphatic rings. The number of Topliss-reactive ketones (excluding diaryl/α,β-unsaturated/α-hetero) is 1. The van der Waals surface area contributed by atoms with Crippen molar-refractivity contribution < 1.29 is 14.3 Å². The Bertz CT molecular complexity index is 356. The van der Waals surface area contributed by atoms with Gasteiger partial charge < -0.3 is 9.47 Å². The van der Waals surface area contributed by atoms with Crippen molar-refractivity contribution in [2.75, 3.05) is 14.2 Å². The summed E-state index contributed by atoms with van der Waals surface area (Å²) in [5, 5.41) is 0. The van der Waals surface area contributed by atoms with Gasteiger partial charge in [-0.2, -0.15) is 0 Å². The van der Waals surface area contributed by atoms with E-state index in [0.29, 0.717) is 12.2 Å². The number of carbonyl (C=O) groups is 1. The first-order chi connectivity index (χ1) is 7.21. The van der Waals surface area contributed by atoms with Crippen molar-refractivity contribution in [3.05, 3.63) is 23.2 Å². The molecule has 0 unspecified atom stereocenters. The predicted molar refractivity (Wildman–Crippen MR) is 56.8 cm³/mol. The quantitative estimate of drug-likeness (QED) is 0.519. The summed E-state index contributed by atoms with van der Waals surface area (Å²) >= 11 is 0. The third kappa shape index (κ3) is 2.88. The van der Waals surface area contributed by atoms with Gasteiger partial charge in [0.05, 0.1) is 14.2 Å². The van der Waals surface area contributed by atoms with Crippen LogP contribution in [0, 0.1) is 12.3 Å². The molecule has 0 spiro atoms. The zero-order valence-corrected chi connectivity index (χ0v) is 9.00. The Hall–Kier alpha value is -1.69. The normalized spacial score (nSPS) is 15.4. The van der Waals surface area contributed by atoms with Gasteiger partial charge in [0, 0.05) is 12.8 Å². The Kier molecular flexibility index (Phi) is 3.99. The second-order valence-electron chi connectivity index (χ2n) is 3.24. The van der Waals surface area contributed by atoms with Crippen molar-refractivity contribution in [1.82, 2.24) is 0 Å². The van der Waals surface area contributed by atoms with Gasteiger partial charge in [0.25, 0.3) is 0 Å². The summed E-state index contributed by atoms with van der Waals surface area (Å²) in [5.74, 6) is 3.40. The van der Waals surface area contributed by atoms with E-state index in [2.05, 4.69) is 5.92 Å². The summed E-state index contributed by atoms with van der Waals surface area (Å²) in [6, 6.07) is 0. The van der Waals surface area contributed by atoms with E-state index in [9.17, 15) is 4.79 Å². The fourth-order valence-electron chi connectivity index (χ4n) is 1.51. The number of allylic oxidation sites excluding steroid dienone is 3. The molecule has 0 aromatic rings. The number of carbonyl (C=O) groups excluding carboxylic acids is 1. The maximum absolute atomic E-state index is 11.1. The second-order valence-corrected chi connectivity index (χ2v) is 3.24. The molecule has 0 amide bonds. The largest absolute Gasteiger partial charge is 0.497 e. The van der Waals surface area contributed by atoms with Crippen molar-refractivity contribution in [2.24, 2.45) is 0 Å². The molecule has 1 rings (SSSR count). The van der Waals surface area contributed by atoms with Crippen molar-refractivity contribution >= 4 is 5.78 Å². The number of rotatable bonds is 4. The molecular formula is C12H14O3. The first-order valence-electron chi connectivity index (χ1n) is 4.71. The summed E-state index contributed by atoms with van der Waals surface area (Å²) in [7, 11) is 3.19. The molecule has 0 aliphatic heterocycles. The standard InChI is InChI=1S/C12H14O3/c1-4-10(13)7-9-5-6-11(14-2)12(8-9)15-3/h1,8H,5-7H2,2-3H3. The topological polar surface area (TPSA) is 35.5 Å². The molecule has 0 atom stereocenters. The van der Waals surface area contributed by atoms with Gasteiger partial charge >= 0.3 is 0 Å². The molecule has 80 valence electrons. The molecule has 0 N–H and O–H groups in total. The number of hydrogen-bond acceptors (Lipinski definition) is 3. The monoisotopic (exact) mass is 206 g/mol. The SMILES string of the molecule is C#CC(=O)CC1=CC(OC)=C(OC)CC1. The fourth-order valence-corrected chi connectivity index (χ4v) is 1.51. The van der Waals surface area contributed by atoms with E-state index in [0.717, 1.165) is 24.2 Å². The van der Waals surface area contributed by atoms with Crippen molar-refractivity contribution in [1.29, 1.82) is 0 Å². The van der Waals surface area contributed by atoms with Crippen LogP contribution in [0.5, 0.6) is 0 Å². The van der Waals surface area contributed by atoms with Crippen molar-refractivity contribution in [2.45, 2.75) is 19.3 Å². The third-order valence-electron chi connectivity index (χ3n) is 2.30. The van der Waals surface area contributed by atoms with Crippen molar-refractivity contribution in [3.8, 4) is 12.3 Å². The van der Waals surface area contributed by atoms with Crippen LogP contribution in [0.2, 0.25) is 0 Å². The molecular weight excluding hydrogens is 192 g/mol. The van der Waals surface area contributed by atoms with Gasteiger partial charge in [0.15, 0.2) is 5.76 Å². The molecule has 0 aromatic heterocycles. The van der Waals surface area contributed by atoms with E-state index in [1.54, 1.807) is 14.2 Å². The van der Waals surface area contributed by atoms with Crippen LogP contribution in [-0.2, 0) is 14.3 Å². The van der Waals surface area contributed by atoms with Crippen LogP contribution < -0.4 is 0 Å². The highest BCUT2D eigenvalue weighted by atomic mass is 16.5. The number of methoxy groups -OCH3 is 2. The highest BCUT2D eigenvalue weighted by Gasteiger charge is 2.15. The van der Waals surface area contributed by atoms with E-state index in [-0.39, 0.29) is 5.78 Å². The van der Waals surface area contributed by atoms with Crippen LogP contribution in [0.15, 0.2) is 23.2 Å². The lowest BCUT2D eigenvalue weighted by atomic mass is 9.98. The van der Waals surface area contributed by atoms with Crippen LogP contribution in [-0.4, -0.2) is 20.0 Å². The molecule has 3 nitrogen and oxygen atoms in total. The zero-order valence-electron chi connectivity index (χ0n) is 9.00. The maximum atomic E-state index is 11.1. The Morgan fingerprint density at radius 3 is 2.73 bits per heavy atom. The minimum Gasteiger partial charge on any atom is -0.497 e. The fraction of sp³-hybridized carbons (Fsp3) is 0.417. The van der Waals surface area contributed by atoms with Crippen LogP contribution in [0.4, 0.5) is 0 Å². The molecule has 1 aliphatic carbocycles. The van der Waals surface area contributed by atoms with Gasteiger partial charge in [-0.05, 0) is 18.4 Å². The van der Waals surface area contributed by atoms with E-state index in [1.807, 2.05) is 6.08 Å². The van der Waals surface area contributed by atoms with Crippen LogP contribution in [0.1, 0.15) is 19.3 Å². The summed E-state index contributed by atoms with van der Waals surface area (Å²) in [4.78, 5) is 11.1. The second kappa shape index (κ2) is 5.26. The molecule has 3 heteroatoms. The Morgan fingerprint density at radius 1 is 1.47 bits per heavy atom. The molecule has 0 fully saturated rings. The predicted octanol–water partition coefficient (Wildman–Crippen LogP) is 1.80. The van der Waals surface area contributed by atoms with E-state index >= 15 is 0 Å². The van der Waals surface area contributed by atoms with Gasteiger partial charge in [0.1, 0.15) is 5.76 Å². The van der Waals surface area contributed by atoms with Gasteiger partial charge in [-0.3, -0.25) is 4.79 Å². The average molecular weight is 206 g/mol. The number of ketones is 1. The molecule has 15 heavy (non-hydrogen) atoms.